The normalized spacial score (nSPS) is 11.3. The van der Waals surface area contributed by atoms with Crippen molar-refractivity contribution < 1.29 is 14.2 Å². The van der Waals surface area contributed by atoms with E-state index in [-0.39, 0.29) is 5.92 Å². The molecule has 0 saturated carbocycles. The summed E-state index contributed by atoms with van der Waals surface area (Å²) in [7, 11) is 4.78. The third kappa shape index (κ3) is 3.09. The van der Waals surface area contributed by atoms with E-state index in [1.54, 1.807) is 21.3 Å². The lowest BCUT2D eigenvalue weighted by atomic mass is 9.92. The summed E-state index contributed by atoms with van der Waals surface area (Å²) < 4.78 is 15.6. The highest BCUT2D eigenvalue weighted by atomic mass is 16.5. The second-order valence-electron chi connectivity index (χ2n) is 4.45. The van der Waals surface area contributed by atoms with Crippen molar-refractivity contribution in [3.05, 3.63) is 53.6 Å². The van der Waals surface area contributed by atoms with E-state index in [2.05, 4.69) is 6.07 Å². The summed E-state index contributed by atoms with van der Waals surface area (Å²) in [6.45, 7) is 0. The minimum absolute atomic E-state index is 0.365. The Labute approximate surface area is 124 Å². The summed E-state index contributed by atoms with van der Waals surface area (Å²) in [5.41, 5.74) is 1.77. The Bertz CT molecular complexity index is 644. The van der Waals surface area contributed by atoms with Crippen LogP contribution in [0.1, 0.15) is 17.0 Å². The molecule has 0 bridgehead atoms. The van der Waals surface area contributed by atoms with Crippen LogP contribution in [0, 0.1) is 11.3 Å². The Morgan fingerprint density at radius 2 is 1.43 bits per heavy atom. The average Bonchev–Trinajstić information content (AvgIpc) is 2.56. The first-order chi connectivity index (χ1) is 10.2. The molecule has 0 aromatic heterocycles. The molecule has 0 saturated heterocycles. The molecule has 4 heteroatoms. The third-order valence-corrected chi connectivity index (χ3v) is 3.32. The van der Waals surface area contributed by atoms with Crippen LogP contribution in [-0.4, -0.2) is 21.3 Å². The van der Waals surface area contributed by atoms with Crippen LogP contribution >= 0.6 is 0 Å². The van der Waals surface area contributed by atoms with Crippen LogP contribution in [-0.2, 0) is 0 Å². The summed E-state index contributed by atoms with van der Waals surface area (Å²) in [5.74, 6) is 1.66. The molecule has 21 heavy (non-hydrogen) atoms. The zero-order chi connectivity index (χ0) is 15.2. The Balaban J connectivity index is 2.39. The maximum Gasteiger partial charge on any atom is 0.161 e. The minimum atomic E-state index is -0.365. The molecule has 0 spiro atoms. The third-order valence-electron chi connectivity index (χ3n) is 3.32. The molecule has 0 aliphatic carbocycles. The monoisotopic (exact) mass is 283 g/mol. The van der Waals surface area contributed by atoms with Crippen molar-refractivity contribution in [1.29, 1.82) is 5.26 Å². The number of ether oxygens (including phenoxy) is 3. The Morgan fingerprint density at radius 1 is 0.810 bits per heavy atom. The van der Waals surface area contributed by atoms with Gasteiger partial charge in [-0.1, -0.05) is 18.2 Å². The fourth-order valence-electron chi connectivity index (χ4n) is 2.17. The molecule has 0 fully saturated rings. The van der Waals surface area contributed by atoms with E-state index in [9.17, 15) is 5.26 Å². The Kier molecular flexibility index (Phi) is 4.68. The molecule has 2 aromatic rings. The van der Waals surface area contributed by atoms with E-state index in [1.807, 2.05) is 42.5 Å². The van der Waals surface area contributed by atoms with Crippen molar-refractivity contribution in [3.63, 3.8) is 0 Å². The van der Waals surface area contributed by atoms with Gasteiger partial charge in [0, 0.05) is 0 Å². The van der Waals surface area contributed by atoms with Crippen molar-refractivity contribution >= 4 is 0 Å². The number of nitrogens with zero attached hydrogens (tertiary/aromatic N) is 1. The molecule has 2 aromatic carbocycles. The minimum Gasteiger partial charge on any atom is -0.497 e. The van der Waals surface area contributed by atoms with Gasteiger partial charge in [-0.15, -0.1) is 0 Å². The lowest BCUT2D eigenvalue weighted by Gasteiger charge is -2.14. The first-order valence-electron chi connectivity index (χ1n) is 6.49. The lowest BCUT2D eigenvalue weighted by molar-refractivity contribution is 0.354. The largest absolute Gasteiger partial charge is 0.497 e. The van der Waals surface area contributed by atoms with Crippen LogP contribution < -0.4 is 14.2 Å². The zero-order valence-corrected chi connectivity index (χ0v) is 12.3. The SMILES string of the molecule is COc1ccc([C@@H](C#N)c2ccc(OC)c(OC)c2)cc1. The fraction of sp³-hybridized carbons (Fsp3) is 0.235. The van der Waals surface area contributed by atoms with Gasteiger partial charge in [-0.2, -0.15) is 5.26 Å². The smallest absolute Gasteiger partial charge is 0.161 e. The van der Waals surface area contributed by atoms with Crippen molar-refractivity contribution in [2.24, 2.45) is 0 Å². The molecule has 0 unspecified atom stereocenters. The summed E-state index contributed by atoms with van der Waals surface area (Å²) >= 11 is 0. The topological polar surface area (TPSA) is 51.5 Å². The average molecular weight is 283 g/mol. The van der Waals surface area contributed by atoms with E-state index >= 15 is 0 Å². The maximum absolute atomic E-state index is 9.50. The molecule has 108 valence electrons. The molecule has 0 aliphatic heterocycles. The second kappa shape index (κ2) is 6.67. The lowest BCUT2D eigenvalue weighted by Crippen LogP contribution is -2.00. The standard InChI is InChI=1S/C17H17NO3/c1-19-14-7-4-12(5-8-14)15(11-18)13-6-9-16(20-2)17(10-13)21-3/h4-10,15H,1-3H3/t15-/m1/s1. The molecule has 1 atom stereocenters. The number of benzene rings is 2. The van der Waals surface area contributed by atoms with E-state index in [1.165, 1.54) is 0 Å². The maximum atomic E-state index is 9.50. The first-order valence-corrected chi connectivity index (χ1v) is 6.49. The van der Waals surface area contributed by atoms with Crippen LogP contribution in [0.15, 0.2) is 42.5 Å². The summed E-state index contributed by atoms with van der Waals surface area (Å²) in [6, 6.07) is 15.3. The second-order valence-corrected chi connectivity index (χ2v) is 4.45. The van der Waals surface area contributed by atoms with Crippen molar-refractivity contribution in [1.82, 2.24) is 0 Å². The number of hydrogen-bond donors (Lipinski definition) is 0. The van der Waals surface area contributed by atoms with E-state index < -0.39 is 0 Å². The van der Waals surface area contributed by atoms with E-state index in [0.29, 0.717) is 11.5 Å². The molecule has 0 amide bonds. The van der Waals surface area contributed by atoms with Crippen LogP contribution in [0.2, 0.25) is 0 Å². The van der Waals surface area contributed by atoms with Gasteiger partial charge in [0.1, 0.15) is 5.75 Å². The zero-order valence-electron chi connectivity index (χ0n) is 12.3. The van der Waals surface area contributed by atoms with Gasteiger partial charge < -0.3 is 14.2 Å². The van der Waals surface area contributed by atoms with Gasteiger partial charge in [-0.05, 0) is 35.4 Å². The quantitative estimate of drug-likeness (QED) is 0.844. The van der Waals surface area contributed by atoms with Crippen LogP contribution in [0.4, 0.5) is 0 Å². The summed E-state index contributed by atoms with van der Waals surface area (Å²) in [5, 5.41) is 9.50. The molecule has 0 aliphatic rings. The van der Waals surface area contributed by atoms with Gasteiger partial charge in [0.2, 0.25) is 0 Å². The highest BCUT2D eigenvalue weighted by Gasteiger charge is 2.16. The van der Waals surface area contributed by atoms with Crippen molar-refractivity contribution in [2.45, 2.75) is 5.92 Å². The molecular weight excluding hydrogens is 266 g/mol. The van der Waals surface area contributed by atoms with Gasteiger partial charge in [0.25, 0.3) is 0 Å². The predicted octanol–water partition coefficient (Wildman–Crippen LogP) is 3.37. The van der Waals surface area contributed by atoms with Gasteiger partial charge in [0.15, 0.2) is 11.5 Å². The van der Waals surface area contributed by atoms with E-state index in [0.717, 1.165) is 16.9 Å². The molecule has 0 heterocycles. The van der Waals surface area contributed by atoms with Gasteiger partial charge in [0.05, 0.1) is 33.3 Å². The molecule has 4 nitrogen and oxygen atoms in total. The van der Waals surface area contributed by atoms with Crippen molar-refractivity contribution in [3.8, 4) is 23.3 Å². The number of hydrogen-bond acceptors (Lipinski definition) is 4. The van der Waals surface area contributed by atoms with E-state index in [4.69, 9.17) is 14.2 Å². The first kappa shape index (κ1) is 14.7. The number of rotatable bonds is 5. The van der Waals surface area contributed by atoms with Crippen molar-refractivity contribution in [2.75, 3.05) is 21.3 Å². The molecular formula is C17H17NO3. The molecule has 2 rings (SSSR count). The highest BCUT2D eigenvalue weighted by molar-refractivity contribution is 5.48. The molecule has 0 N–H and O–H groups in total. The Hall–Kier alpha value is -2.67. The summed E-state index contributed by atoms with van der Waals surface area (Å²) in [4.78, 5) is 0. The number of methoxy groups -OCH3 is 3. The van der Waals surface area contributed by atoms with Gasteiger partial charge >= 0.3 is 0 Å². The van der Waals surface area contributed by atoms with Gasteiger partial charge in [-0.3, -0.25) is 0 Å². The molecule has 0 radical (unpaired) electrons. The number of nitriles is 1. The van der Waals surface area contributed by atoms with Crippen LogP contribution in [0.3, 0.4) is 0 Å². The van der Waals surface area contributed by atoms with Crippen LogP contribution in [0.25, 0.3) is 0 Å². The Morgan fingerprint density at radius 3 is 1.95 bits per heavy atom. The summed E-state index contributed by atoms with van der Waals surface area (Å²) in [6.07, 6.45) is 0. The highest BCUT2D eigenvalue weighted by Crippen LogP contribution is 2.33. The van der Waals surface area contributed by atoms with Crippen LogP contribution in [0.5, 0.6) is 17.2 Å². The fourth-order valence-corrected chi connectivity index (χ4v) is 2.17. The predicted molar refractivity (Wildman–Crippen MR) is 80.0 cm³/mol. The van der Waals surface area contributed by atoms with Gasteiger partial charge in [-0.25, -0.2) is 0 Å².